The van der Waals surface area contributed by atoms with Gasteiger partial charge in [-0.3, -0.25) is 0 Å². The number of aryl methyl sites for hydroxylation is 1. The zero-order valence-electron chi connectivity index (χ0n) is 7.36. The number of fused-ring (bicyclic) bond motifs is 1. The van der Waals surface area contributed by atoms with Gasteiger partial charge in [-0.1, -0.05) is 0 Å². The molecule has 0 radical (unpaired) electrons. The van der Waals surface area contributed by atoms with Crippen molar-refractivity contribution in [1.82, 2.24) is 9.55 Å². The fourth-order valence-electron chi connectivity index (χ4n) is 1.50. The largest absolute Gasteiger partial charge is 0.335 e. The Morgan fingerprint density at radius 3 is 3.23 bits per heavy atom. The van der Waals surface area contributed by atoms with Crippen LogP contribution < -0.4 is 0 Å². The van der Waals surface area contributed by atoms with Crippen LogP contribution in [0.15, 0.2) is 24.5 Å². The highest BCUT2D eigenvalue weighted by Gasteiger charge is 2.07. The molecule has 0 spiro atoms. The third-order valence-corrected chi connectivity index (χ3v) is 2.07. The third kappa shape index (κ3) is 1.17. The second-order valence-corrected chi connectivity index (χ2v) is 2.96. The molecule has 2 aromatic rings. The van der Waals surface area contributed by atoms with E-state index in [4.69, 9.17) is 6.57 Å². The van der Waals surface area contributed by atoms with Gasteiger partial charge < -0.3 is 9.41 Å². The number of hydrogen-bond donors (Lipinski definition) is 0. The van der Waals surface area contributed by atoms with E-state index in [0.29, 0.717) is 6.54 Å². The van der Waals surface area contributed by atoms with Gasteiger partial charge in [-0.15, -0.1) is 0 Å². The number of pyridine rings is 1. The van der Waals surface area contributed by atoms with Crippen LogP contribution in [-0.4, -0.2) is 9.55 Å². The van der Waals surface area contributed by atoms with Gasteiger partial charge in [0.05, 0.1) is 5.56 Å². The van der Waals surface area contributed by atoms with E-state index in [1.54, 1.807) is 6.20 Å². The van der Waals surface area contributed by atoms with Crippen LogP contribution in [0, 0.1) is 6.57 Å². The van der Waals surface area contributed by atoms with Gasteiger partial charge in [-0.05, 0) is 12.1 Å². The van der Waals surface area contributed by atoms with E-state index in [0.717, 1.165) is 16.6 Å². The molecule has 64 valence electrons. The summed E-state index contributed by atoms with van der Waals surface area (Å²) >= 11 is 0. The van der Waals surface area contributed by atoms with Crippen LogP contribution in [0.1, 0.15) is 5.56 Å². The first-order valence-electron chi connectivity index (χ1n) is 4.05. The standard InChI is InChI=1S/C10H9N3/c1-11-6-8-7-13(2)10-9(8)4-3-5-12-10/h3-5,7H,6H2,2H3. The molecule has 0 bridgehead atoms. The minimum absolute atomic E-state index is 0.434. The summed E-state index contributed by atoms with van der Waals surface area (Å²) in [5.41, 5.74) is 2.00. The van der Waals surface area contributed by atoms with Gasteiger partial charge in [0.1, 0.15) is 5.65 Å². The van der Waals surface area contributed by atoms with E-state index in [1.165, 1.54) is 0 Å². The van der Waals surface area contributed by atoms with Crippen LogP contribution in [0.25, 0.3) is 15.9 Å². The summed E-state index contributed by atoms with van der Waals surface area (Å²) < 4.78 is 1.95. The quantitative estimate of drug-likeness (QED) is 0.601. The normalized spacial score (nSPS) is 10.2. The molecule has 0 N–H and O–H groups in total. The van der Waals surface area contributed by atoms with Crippen molar-refractivity contribution in [2.75, 3.05) is 0 Å². The molecule has 0 atom stereocenters. The van der Waals surface area contributed by atoms with E-state index in [-0.39, 0.29) is 0 Å². The number of nitrogens with zero attached hydrogens (tertiary/aromatic N) is 3. The Bertz CT molecular complexity index is 476. The zero-order chi connectivity index (χ0) is 9.26. The van der Waals surface area contributed by atoms with Crippen molar-refractivity contribution in [1.29, 1.82) is 0 Å². The van der Waals surface area contributed by atoms with Crippen molar-refractivity contribution in [2.45, 2.75) is 6.54 Å². The minimum atomic E-state index is 0.434. The molecule has 0 aliphatic heterocycles. The van der Waals surface area contributed by atoms with Crippen molar-refractivity contribution in [3.63, 3.8) is 0 Å². The fourth-order valence-corrected chi connectivity index (χ4v) is 1.50. The van der Waals surface area contributed by atoms with E-state index < -0.39 is 0 Å². The van der Waals surface area contributed by atoms with Gasteiger partial charge in [-0.2, -0.15) is 0 Å². The summed E-state index contributed by atoms with van der Waals surface area (Å²) in [7, 11) is 1.95. The van der Waals surface area contributed by atoms with Crippen LogP contribution in [0.2, 0.25) is 0 Å². The molecule has 0 aliphatic rings. The average molecular weight is 171 g/mol. The molecule has 2 aromatic heterocycles. The van der Waals surface area contributed by atoms with E-state index >= 15 is 0 Å². The number of rotatable bonds is 1. The lowest BCUT2D eigenvalue weighted by molar-refractivity contribution is 0.941. The predicted octanol–water partition coefficient (Wildman–Crippen LogP) is 1.99. The Hall–Kier alpha value is -1.82. The van der Waals surface area contributed by atoms with Gasteiger partial charge in [-0.25, -0.2) is 11.6 Å². The summed E-state index contributed by atoms with van der Waals surface area (Å²) in [6.45, 7) is 7.25. The summed E-state index contributed by atoms with van der Waals surface area (Å²) in [4.78, 5) is 7.62. The Labute approximate surface area is 76.4 Å². The summed E-state index contributed by atoms with van der Waals surface area (Å²) in [5.74, 6) is 0. The minimum Gasteiger partial charge on any atom is -0.335 e. The lowest BCUT2D eigenvalue weighted by Gasteiger charge is -1.91. The molecule has 3 heteroatoms. The molecule has 0 amide bonds. The first kappa shape index (κ1) is 7.81. The Balaban J connectivity index is 2.72. The molecule has 2 heterocycles. The SMILES string of the molecule is [C-]#[N+]Cc1cn(C)c2ncccc12. The third-order valence-electron chi connectivity index (χ3n) is 2.07. The van der Waals surface area contributed by atoms with E-state index in [1.807, 2.05) is 29.9 Å². The van der Waals surface area contributed by atoms with Crippen LogP contribution in [0.4, 0.5) is 0 Å². The van der Waals surface area contributed by atoms with Crippen LogP contribution >= 0.6 is 0 Å². The maximum atomic E-state index is 6.82. The topological polar surface area (TPSA) is 22.2 Å². The Morgan fingerprint density at radius 1 is 1.62 bits per heavy atom. The maximum Gasteiger partial charge on any atom is 0.241 e. The van der Waals surface area contributed by atoms with Crippen molar-refractivity contribution >= 4 is 11.0 Å². The first-order valence-corrected chi connectivity index (χ1v) is 4.05. The molecule has 0 saturated heterocycles. The zero-order valence-corrected chi connectivity index (χ0v) is 7.36. The number of aromatic nitrogens is 2. The molecular weight excluding hydrogens is 162 g/mol. The fraction of sp³-hybridized carbons (Fsp3) is 0.200. The number of hydrogen-bond acceptors (Lipinski definition) is 1. The lowest BCUT2D eigenvalue weighted by Crippen LogP contribution is -1.85. The molecule has 0 aromatic carbocycles. The van der Waals surface area contributed by atoms with Crippen LogP contribution in [0.5, 0.6) is 0 Å². The molecular formula is C10H9N3. The maximum absolute atomic E-state index is 6.82. The molecule has 13 heavy (non-hydrogen) atoms. The Morgan fingerprint density at radius 2 is 2.46 bits per heavy atom. The monoisotopic (exact) mass is 171 g/mol. The average Bonchev–Trinajstić information content (AvgIpc) is 2.46. The summed E-state index contributed by atoms with van der Waals surface area (Å²) in [6.07, 6.45) is 3.74. The summed E-state index contributed by atoms with van der Waals surface area (Å²) in [6, 6.07) is 3.90. The van der Waals surface area contributed by atoms with Crippen LogP contribution in [-0.2, 0) is 13.6 Å². The smallest absolute Gasteiger partial charge is 0.241 e. The van der Waals surface area contributed by atoms with Gasteiger partial charge in [0.2, 0.25) is 6.54 Å². The predicted molar refractivity (Wildman–Crippen MR) is 51.0 cm³/mol. The van der Waals surface area contributed by atoms with Crippen molar-refractivity contribution in [3.05, 3.63) is 41.5 Å². The molecule has 3 nitrogen and oxygen atoms in total. The second-order valence-electron chi connectivity index (χ2n) is 2.96. The molecule has 2 rings (SSSR count). The molecule has 0 fully saturated rings. The van der Waals surface area contributed by atoms with Gasteiger partial charge in [0.25, 0.3) is 0 Å². The molecule has 0 saturated carbocycles. The molecule has 0 unspecified atom stereocenters. The van der Waals surface area contributed by atoms with Crippen molar-refractivity contribution < 1.29 is 0 Å². The lowest BCUT2D eigenvalue weighted by atomic mass is 10.2. The van der Waals surface area contributed by atoms with Gasteiger partial charge >= 0.3 is 0 Å². The van der Waals surface area contributed by atoms with Crippen molar-refractivity contribution in [3.8, 4) is 0 Å². The van der Waals surface area contributed by atoms with Gasteiger partial charge in [0.15, 0.2) is 0 Å². The molecule has 0 aliphatic carbocycles. The highest BCUT2D eigenvalue weighted by atomic mass is 15.0. The van der Waals surface area contributed by atoms with Gasteiger partial charge in [0, 0.05) is 24.8 Å². The van der Waals surface area contributed by atoms with Crippen LogP contribution in [0.3, 0.4) is 0 Å². The summed E-state index contributed by atoms with van der Waals surface area (Å²) in [5, 5.41) is 1.08. The highest BCUT2D eigenvalue weighted by Crippen LogP contribution is 2.18. The first-order chi connectivity index (χ1) is 6.33. The van der Waals surface area contributed by atoms with E-state index in [9.17, 15) is 0 Å². The second kappa shape index (κ2) is 2.91. The van der Waals surface area contributed by atoms with E-state index in [2.05, 4.69) is 9.83 Å². The highest BCUT2D eigenvalue weighted by molar-refractivity contribution is 5.80. The Kier molecular flexibility index (Phi) is 1.75. The van der Waals surface area contributed by atoms with Crippen molar-refractivity contribution in [2.24, 2.45) is 7.05 Å².